The number of hydrogen-bond acceptors (Lipinski definition) is 3. The molecule has 0 aromatic carbocycles. The van der Waals surface area contributed by atoms with Crippen LogP contribution in [0.2, 0.25) is 0 Å². The van der Waals surface area contributed by atoms with Crippen LogP contribution in [0.1, 0.15) is 34.1 Å². The minimum atomic E-state index is -0.450. The van der Waals surface area contributed by atoms with Gasteiger partial charge in [0.2, 0.25) is 0 Å². The van der Waals surface area contributed by atoms with Crippen molar-refractivity contribution in [2.45, 2.75) is 45.9 Å². The predicted molar refractivity (Wildman–Crippen MR) is 51.3 cm³/mol. The van der Waals surface area contributed by atoms with E-state index in [1.807, 2.05) is 4.90 Å². The predicted octanol–water partition coefficient (Wildman–Crippen LogP) is 1.01. The summed E-state index contributed by atoms with van der Waals surface area (Å²) in [7, 11) is 0. The first-order valence-corrected chi connectivity index (χ1v) is 4.77. The summed E-state index contributed by atoms with van der Waals surface area (Å²) in [6.07, 6.45) is 0.140. The molecule has 0 aromatic rings. The van der Waals surface area contributed by atoms with Crippen LogP contribution in [0, 0.1) is 5.92 Å². The molecule has 2 unspecified atom stereocenters. The number of aliphatic hydroxyl groups is 1. The minimum absolute atomic E-state index is 0.0224. The Bertz CT molecular complexity index is 207. The molecule has 13 heavy (non-hydrogen) atoms. The summed E-state index contributed by atoms with van der Waals surface area (Å²) in [5.74, 6) is 0.208. The molecular formula is C10H19NO2. The van der Waals surface area contributed by atoms with E-state index in [9.17, 15) is 9.90 Å². The van der Waals surface area contributed by atoms with Crippen LogP contribution >= 0.6 is 0 Å². The van der Waals surface area contributed by atoms with Crippen molar-refractivity contribution >= 4 is 5.78 Å². The fraction of sp³-hybridized carbons (Fsp3) is 0.900. The molecule has 1 rings (SSSR count). The van der Waals surface area contributed by atoms with Crippen LogP contribution in [-0.2, 0) is 4.79 Å². The Morgan fingerprint density at radius 2 is 2.00 bits per heavy atom. The molecule has 0 amide bonds. The Morgan fingerprint density at radius 3 is 2.23 bits per heavy atom. The van der Waals surface area contributed by atoms with E-state index in [-0.39, 0.29) is 17.2 Å². The molecule has 0 radical (unpaired) electrons. The summed E-state index contributed by atoms with van der Waals surface area (Å²) in [4.78, 5) is 13.1. The zero-order valence-electron chi connectivity index (χ0n) is 8.87. The van der Waals surface area contributed by atoms with Gasteiger partial charge in [0.05, 0.1) is 0 Å². The quantitative estimate of drug-likeness (QED) is 0.663. The maximum absolute atomic E-state index is 11.1. The first-order valence-electron chi connectivity index (χ1n) is 4.77. The first kappa shape index (κ1) is 10.7. The van der Waals surface area contributed by atoms with Crippen molar-refractivity contribution in [3.63, 3.8) is 0 Å². The molecule has 1 aliphatic rings. The number of nitrogens with zero attached hydrogens (tertiary/aromatic N) is 1. The maximum Gasteiger partial charge on any atom is 0.134 e. The fourth-order valence-corrected chi connectivity index (χ4v) is 1.83. The van der Waals surface area contributed by atoms with E-state index < -0.39 is 6.23 Å². The van der Waals surface area contributed by atoms with Crippen molar-refractivity contribution in [3.8, 4) is 0 Å². The number of Topliss-reactive ketones (excluding diaryl/α,β-unsaturated/α-hetero) is 1. The molecule has 1 heterocycles. The molecule has 0 saturated carbocycles. The van der Waals surface area contributed by atoms with Gasteiger partial charge in [0.25, 0.3) is 0 Å². The lowest BCUT2D eigenvalue weighted by molar-refractivity contribution is -0.120. The largest absolute Gasteiger partial charge is 0.378 e. The van der Waals surface area contributed by atoms with Gasteiger partial charge in [-0.2, -0.15) is 0 Å². The molecule has 0 spiro atoms. The second-order valence-corrected chi connectivity index (χ2v) is 4.85. The Kier molecular flexibility index (Phi) is 2.78. The lowest BCUT2D eigenvalue weighted by Crippen LogP contribution is -2.44. The molecule has 76 valence electrons. The summed E-state index contributed by atoms with van der Waals surface area (Å²) in [6.45, 7) is 8.46. The van der Waals surface area contributed by atoms with E-state index in [4.69, 9.17) is 0 Å². The first-order chi connectivity index (χ1) is 5.82. The minimum Gasteiger partial charge on any atom is -0.378 e. The van der Waals surface area contributed by atoms with Crippen molar-refractivity contribution in [1.29, 1.82) is 0 Å². The average Bonchev–Trinajstić information content (AvgIpc) is 2.29. The van der Waals surface area contributed by atoms with Crippen LogP contribution in [-0.4, -0.2) is 34.1 Å². The molecule has 0 bridgehead atoms. The van der Waals surface area contributed by atoms with Crippen molar-refractivity contribution in [3.05, 3.63) is 0 Å². The summed E-state index contributed by atoms with van der Waals surface area (Å²) in [6, 6.07) is 0. The highest BCUT2D eigenvalue weighted by atomic mass is 16.3. The Balaban J connectivity index is 2.67. The van der Waals surface area contributed by atoms with Gasteiger partial charge < -0.3 is 5.11 Å². The molecule has 0 aromatic heterocycles. The van der Waals surface area contributed by atoms with Gasteiger partial charge in [0.15, 0.2) is 0 Å². The summed E-state index contributed by atoms with van der Waals surface area (Å²) in [5, 5.41) is 9.72. The average molecular weight is 185 g/mol. The second kappa shape index (κ2) is 3.39. The molecule has 0 aliphatic carbocycles. The number of rotatable bonds is 1. The SMILES string of the molecule is CC(=O)C1CC(O)N(C(C)(C)C)C1. The van der Waals surface area contributed by atoms with Crippen molar-refractivity contribution in [2.75, 3.05) is 6.54 Å². The Labute approximate surface area is 79.7 Å². The molecule has 1 fully saturated rings. The smallest absolute Gasteiger partial charge is 0.134 e. The lowest BCUT2D eigenvalue weighted by Gasteiger charge is -2.34. The normalized spacial score (nSPS) is 30.8. The van der Waals surface area contributed by atoms with E-state index in [1.165, 1.54) is 0 Å². The van der Waals surface area contributed by atoms with Crippen LogP contribution < -0.4 is 0 Å². The standard InChI is InChI=1S/C10H19NO2/c1-7(12)8-5-9(13)11(6-8)10(2,3)4/h8-9,13H,5-6H2,1-4H3. The monoisotopic (exact) mass is 185 g/mol. The number of aliphatic hydroxyl groups excluding tert-OH is 1. The zero-order chi connectivity index (χ0) is 10.2. The van der Waals surface area contributed by atoms with Gasteiger partial charge in [-0.1, -0.05) is 0 Å². The highest BCUT2D eigenvalue weighted by Gasteiger charge is 2.38. The Morgan fingerprint density at radius 1 is 1.46 bits per heavy atom. The van der Waals surface area contributed by atoms with E-state index >= 15 is 0 Å². The van der Waals surface area contributed by atoms with Crippen molar-refractivity contribution in [1.82, 2.24) is 4.90 Å². The molecule has 1 aliphatic heterocycles. The van der Waals surface area contributed by atoms with Gasteiger partial charge in [-0.15, -0.1) is 0 Å². The number of carbonyl (C=O) groups is 1. The molecule has 1 saturated heterocycles. The van der Waals surface area contributed by atoms with Crippen LogP contribution in [0.3, 0.4) is 0 Å². The summed E-state index contributed by atoms with van der Waals surface area (Å²) in [5.41, 5.74) is -0.0520. The third-order valence-corrected chi connectivity index (χ3v) is 2.71. The second-order valence-electron chi connectivity index (χ2n) is 4.85. The van der Waals surface area contributed by atoms with Gasteiger partial charge in [-0.25, -0.2) is 0 Å². The molecule has 1 N–H and O–H groups in total. The van der Waals surface area contributed by atoms with Crippen LogP contribution in [0.4, 0.5) is 0 Å². The van der Waals surface area contributed by atoms with Gasteiger partial charge >= 0.3 is 0 Å². The maximum atomic E-state index is 11.1. The Hall–Kier alpha value is -0.410. The molecule has 2 atom stereocenters. The summed E-state index contributed by atoms with van der Waals surface area (Å²) >= 11 is 0. The van der Waals surface area contributed by atoms with Crippen molar-refractivity contribution in [2.24, 2.45) is 5.92 Å². The van der Waals surface area contributed by atoms with E-state index in [2.05, 4.69) is 20.8 Å². The third-order valence-electron chi connectivity index (χ3n) is 2.71. The zero-order valence-corrected chi connectivity index (χ0v) is 8.87. The van der Waals surface area contributed by atoms with Crippen LogP contribution in [0.25, 0.3) is 0 Å². The van der Waals surface area contributed by atoms with Gasteiger partial charge in [0.1, 0.15) is 12.0 Å². The van der Waals surface area contributed by atoms with Crippen LogP contribution in [0.15, 0.2) is 0 Å². The van der Waals surface area contributed by atoms with Gasteiger partial charge in [0, 0.05) is 18.0 Å². The van der Waals surface area contributed by atoms with Gasteiger partial charge in [-0.3, -0.25) is 9.69 Å². The van der Waals surface area contributed by atoms with Crippen LogP contribution in [0.5, 0.6) is 0 Å². The number of likely N-dealkylation sites (tertiary alicyclic amines) is 1. The molecule has 3 nitrogen and oxygen atoms in total. The highest BCUT2D eigenvalue weighted by Crippen LogP contribution is 2.28. The summed E-state index contributed by atoms with van der Waals surface area (Å²) < 4.78 is 0. The highest BCUT2D eigenvalue weighted by molar-refractivity contribution is 5.78. The van der Waals surface area contributed by atoms with E-state index in [1.54, 1.807) is 6.92 Å². The number of hydrogen-bond donors (Lipinski definition) is 1. The van der Waals surface area contributed by atoms with Gasteiger partial charge in [-0.05, 0) is 34.1 Å². The van der Waals surface area contributed by atoms with E-state index in [0.29, 0.717) is 13.0 Å². The fourth-order valence-electron chi connectivity index (χ4n) is 1.83. The van der Waals surface area contributed by atoms with E-state index in [0.717, 1.165) is 0 Å². The number of ketones is 1. The van der Waals surface area contributed by atoms with Crippen molar-refractivity contribution < 1.29 is 9.90 Å². The third kappa shape index (κ3) is 2.29. The molecule has 3 heteroatoms. The lowest BCUT2D eigenvalue weighted by atomic mass is 10.0. The molecular weight excluding hydrogens is 166 g/mol. The number of carbonyl (C=O) groups excluding carboxylic acids is 1. The topological polar surface area (TPSA) is 40.5 Å².